The molecule has 7 nitrogen and oxygen atoms in total. The zero-order valence-electron chi connectivity index (χ0n) is 17.5. The van der Waals surface area contributed by atoms with E-state index in [-0.39, 0.29) is 22.3 Å². The summed E-state index contributed by atoms with van der Waals surface area (Å²) in [4.78, 5) is 28.3. The molecule has 2 aromatic rings. The number of benzene rings is 2. The summed E-state index contributed by atoms with van der Waals surface area (Å²) in [5, 5.41) is 0. The van der Waals surface area contributed by atoms with Crippen LogP contribution in [0, 0.1) is 11.8 Å². The van der Waals surface area contributed by atoms with Crippen LogP contribution in [0.1, 0.15) is 22.3 Å². The maximum atomic E-state index is 13.1. The number of sulfone groups is 1. The molecule has 2 N–H and O–H groups in total. The fraction of sp³-hybridized carbons (Fsp3) is 0.391. The molecule has 2 aliphatic rings. The summed E-state index contributed by atoms with van der Waals surface area (Å²) in [6.45, 7) is 2.95. The van der Waals surface area contributed by atoms with Crippen LogP contribution in [0.25, 0.3) is 0 Å². The summed E-state index contributed by atoms with van der Waals surface area (Å²) in [6.07, 6.45) is 2.10. The lowest BCUT2D eigenvalue weighted by atomic mass is 10.0. The SMILES string of the molecule is CS(=O)(=O)c1ccccc1C(=O)N1CC2CN(c3cccc(CCC(N)=O)c3)CC2C1. The van der Waals surface area contributed by atoms with Crippen LogP contribution >= 0.6 is 0 Å². The number of hydrogen-bond donors (Lipinski definition) is 1. The molecule has 4 rings (SSSR count). The molecule has 0 saturated carbocycles. The Balaban J connectivity index is 1.43. The first-order valence-corrected chi connectivity index (χ1v) is 12.3. The van der Waals surface area contributed by atoms with Gasteiger partial charge in [0.25, 0.3) is 5.91 Å². The highest BCUT2D eigenvalue weighted by Crippen LogP contribution is 2.35. The van der Waals surface area contributed by atoms with E-state index in [0.717, 1.165) is 30.6 Å². The molecule has 0 aliphatic carbocycles. The summed E-state index contributed by atoms with van der Waals surface area (Å²) < 4.78 is 24.2. The second-order valence-corrected chi connectivity index (χ2v) is 10.5. The third kappa shape index (κ3) is 4.58. The summed E-state index contributed by atoms with van der Waals surface area (Å²) in [7, 11) is -3.47. The molecule has 164 valence electrons. The molecule has 31 heavy (non-hydrogen) atoms. The molecule has 2 fully saturated rings. The van der Waals surface area contributed by atoms with E-state index in [9.17, 15) is 18.0 Å². The van der Waals surface area contributed by atoms with Crippen molar-refractivity contribution in [1.29, 1.82) is 0 Å². The molecule has 2 unspecified atom stereocenters. The van der Waals surface area contributed by atoms with E-state index in [1.807, 2.05) is 12.1 Å². The molecular weight excluding hydrogens is 414 g/mol. The minimum atomic E-state index is -3.47. The average Bonchev–Trinajstić information content (AvgIpc) is 3.31. The number of fused-ring (bicyclic) bond motifs is 1. The zero-order chi connectivity index (χ0) is 22.2. The van der Waals surface area contributed by atoms with E-state index in [1.165, 1.54) is 6.07 Å². The number of primary amides is 1. The first-order valence-electron chi connectivity index (χ1n) is 10.4. The normalized spacial score (nSPS) is 20.7. The number of carbonyl (C=O) groups excluding carboxylic acids is 2. The number of nitrogens with two attached hydrogens (primary N) is 1. The van der Waals surface area contributed by atoms with E-state index in [1.54, 1.807) is 23.1 Å². The third-order valence-corrected chi connectivity index (χ3v) is 7.38. The molecule has 0 spiro atoms. The molecule has 0 aromatic heterocycles. The standard InChI is InChI=1S/C23H27N3O4S/c1-31(29,30)21-8-3-2-7-20(21)23(28)26-14-17-12-25(13-18(17)15-26)19-6-4-5-16(11-19)9-10-22(24)27/h2-8,11,17-18H,9-10,12-15H2,1H3,(H2,24,27). The van der Waals surface area contributed by atoms with Gasteiger partial charge >= 0.3 is 0 Å². The minimum absolute atomic E-state index is 0.0893. The van der Waals surface area contributed by atoms with Gasteiger partial charge in [0.2, 0.25) is 5.91 Å². The summed E-state index contributed by atoms with van der Waals surface area (Å²) in [5.41, 5.74) is 7.72. The monoisotopic (exact) mass is 441 g/mol. The Morgan fingerprint density at radius 1 is 1.00 bits per heavy atom. The van der Waals surface area contributed by atoms with Gasteiger partial charge in [0.1, 0.15) is 0 Å². The predicted octanol–water partition coefficient (Wildman–Crippen LogP) is 1.72. The van der Waals surface area contributed by atoms with Crippen molar-refractivity contribution in [3.8, 4) is 0 Å². The molecule has 8 heteroatoms. The Labute approximate surface area is 182 Å². The van der Waals surface area contributed by atoms with Gasteiger partial charge in [0.15, 0.2) is 9.84 Å². The van der Waals surface area contributed by atoms with E-state index < -0.39 is 9.84 Å². The van der Waals surface area contributed by atoms with Gasteiger partial charge < -0.3 is 15.5 Å². The van der Waals surface area contributed by atoms with Gasteiger partial charge in [0, 0.05) is 56.4 Å². The number of rotatable bonds is 6. The molecular formula is C23H27N3O4S. The highest BCUT2D eigenvalue weighted by molar-refractivity contribution is 7.90. The lowest BCUT2D eigenvalue weighted by Crippen LogP contribution is -2.34. The van der Waals surface area contributed by atoms with Crippen LogP contribution in [-0.2, 0) is 21.1 Å². The van der Waals surface area contributed by atoms with Crippen LogP contribution in [0.3, 0.4) is 0 Å². The first-order chi connectivity index (χ1) is 14.7. The average molecular weight is 442 g/mol. The second-order valence-electron chi connectivity index (χ2n) is 8.54. The fourth-order valence-corrected chi connectivity index (χ4v) is 5.56. The number of aryl methyl sites for hydroxylation is 1. The van der Waals surface area contributed by atoms with E-state index in [4.69, 9.17) is 5.73 Å². The third-order valence-electron chi connectivity index (χ3n) is 6.23. The van der Waals surface area contributed by atoms with Crippen molar-refractivity contribution in [2.45, 2.75) is 17.7 Å². The molecule has 2 aliphatic heterocycles. The molecule has 2 saturated heterocycles. The van der Waals surface area contributed by atoms with Gasteiger partial charge in [-0.2, -0.15) is 0 Å². The number of nitrogens with zero attached hydrogens (tertiary/aromatic N) is 2. The number of likely N-dealkylation sites (tertiary alicyclic amines) is 1. The van der Waals surface area contributed by atoms with Crippen molar-refractivity contribution in [3.05, 3.63) is 59.7 Å². The first kappa shape index (κ1) is 21.4. The van der Waals surface area contributed by atoms with Crippen LogP contribution in [0.4, 0.5) is 5.69 Å². The number of amides is 2. The molecule has 0 bridgehead atoms. The summed E-state index contributed by atoms with van der Waals surface area (Å²) >= 11 is 0. The zero-order valence-corrected chi connectivity index (χ0v) is 18.3. The van der Waals surface area contributed by atoms with Crippen LogP contribution in [0.2, 0.25) is 0 Å². The Hall–Kier alpha value is -2.87. The highest BCUT2D eigenvalue weighted by Gasteiger charge is 2.42. The van der Waals surface area contributed by atoms with Crippen LogP contribution < -0.4 is 10.6 Å². The number of hydrogen-bond acceptors (Lipinski definition) is 5. The molecule has 2 heterocycles. The number of carbonyl (C=O) groups is 2. The van der Waals surface area contributed by atoms with Crippen molar-refractivity contribution in [2.24, 2.45) is 17.6 Å². The Morgan fingerprint density at radius 3 is 2.32 bits per heavy atom. The van der Waals surface area contributed by atoms with Crippen molar-refractivity contribution in [3.63, 3.8) is 0 Å². The van der Waals surface area contributed by atoms with E-state index >= 15 is 0 Å². The summed E-state index contributed by atoms with van der Waals surface area (Å²) in [6, 6.07) is 14.6. The van der Waals surface area contributed by atoms with Gasteiger partial charge in [-0.1, -0.05) is 24.3 Å². The number of anilines is 1. The lowest BCUT2D eigenvalue weighted by Gasteiger charge is -2.24. The maximum Gasteiger partial charge on any atom is 0.255 e. The van der Waals surface area contributed by atoms with Gasteiger partial charge in [-0.3, -0.25) is 9.59 Å². The Bertz CT molecular complexity index is 1100. The predicted molar refractivity (Wildman–Crippen MR) is 119 cm³/mol. The van der Waals surface area contributed by atoms with Gasteiger partial charge in [0.05, 0.1) is 10.5 Å². The van der Waals surface area contributed by atoms with Crippen molar-refractivity contribution in [1.82, 2.24) is 4.90 Å². The highest BCUT2D eigenvalue weighted by atomic mass is 32.2. The van der Waals surface area contributed by atoms with Crippen LogP contribution in [-0.4, -0.2) is 57.6 Å². The fourth-order valence-electron chi connectivity index (χ4n) is 4.68. The van der Waals surface area contributed by atoms with Crippen molar-refractivity contribution in [2.75, 3.05) is 37.3 Å². The molecule has 2 aromatic carbocycles. The lowest BCUT2D eigenvalue weighted by molar-refractivity contribution is -0.117. The van der Waals surface area contributed by atoms with Crippen LogP contribution in [0.15, 0.2) is 53.4 Å². The van der Waals surface area contributed by atoms with E-state index in [0.29, 0.717) is 37.8 Å². The molecule has 2 amide bonds. The largest absolute Gasteiger partial charge is 0.371 e. The molecule has 0 radical (unpaired) electrons. The molecule has 2 atom stereocenters. The van der Waals surface area contributed by atoms with Gasteiger partial charge in [-0.15, -0.1) is 0 Å². The second kappa shape index (κ2) is 8.34. The van der Waals surface area contributed by atoms with Crippen molar-refractivity contribution < 1.29 is 18.0 Å². The minimum Gasteiger partial charge on any atom is -0.371 e. The topological polar surface area (TPSA) is 101 Å². The quantitative estimate of drug-likeness (QED) is 0.736. The van der Waals surface area contributed by atoms with Gasteiger partial charge in [-0.05, 0) is 36.2 Å². The maximum absolute atomic E-state index is 13.1. The van der Waals surface area contributed by atoms with Crippen LogP contribution in [0.5, 0.6) is 0 Å². The Kier molecular flexibility index (Phi) is 5.75. The van der Waals surface area contributed by atoms with Gasteiger partial charge in [-0.25, -0.2) is 8.42 Å². The van der Waals surface area contributed by atoms with Crippen molar-refractivity contribution >= 4 is 27.3 Å². The van der Waals surface area contributed by atoms with E-state index in [2.05, 4.69) is 17.0 Å². The smallest absolute Gasteiger partial charge is 0.255 e. The summed E-state index contributed by atoms with van der Waals surface area (Å²) in [5.74, 6) is 0.186. The Morgan fingerprint density at radius 2 is 1.68 bits per heavy atom.